The number of benzene rings is 1. The molecule has 68 valence electrons. The molecule has 1 aromatic rings. The number of rotatable bonds is 3. The summed E-state index contributed by atoms with van der Waals surface area (Å²) in [6, 6.07) is 6.58. The molecule has 0 saturated heterocycles. The van der Waals surface area contributed by atoms with Crippen LogP contribution in [-0.4, -0.2) is 19.4 Å². The molecule has 0 spiro atoms. The monoisotopic (exact) mass is 180 g/mol. The topological polar surface area (TPSA) is 52.6 Å². The maximum atomic E-state index is 10.6. The molecule has 1 aromatic carbocycles. The minimum Gasteiger partial charge on any atom is -0.493 e. The molecular formula is C9H8O4. The Balaban J connectivity index is 2.86. The Hall–Kier alpha value is -1.84. The van der Waals surface area contributed by atoms with E-state index < -0.39 is 5.97 Å². The lowest BCUT2D eigenvalue weighted by molar-refractivity contribution is -0.141. The van der Waals surface area contributed by atoms with Crippen LogP contribution in [0.3, 0.4) is 0 Å². The van der Waals surface area contributed by atoms with Crippen molar-refractivity contribution < 1.29 is 19.1 Å². The summed E-state index contributed by atoms with van der Waals surface area (Å²) in [5, 5.41) is 0. The zero-order chi connectivity index (χ0) is 9.68. The van der Waals surface area contributed by atoms with E-state index in [1.807, 2.05) is 0 Å². The highest BCUT2D eigenvalue weighted by molar-refractivity contribution is 6.21. The van der Waals surface area contributed by atoms with Gasteiger partial charge in [0.2, 0.25) is 6.29 Å². The first kappa shape index (κ1) is 9.25. The molecule has 0 fully saturated rings. The minimum absolute atomic E-state index is 0.104. The highest BCUT2D eigenvalue weighted by atomic mass is 16.6. The van der Waals surface area contributed by atoms with E-state index in [1.165, 1.54) is 7.11 Å². The van der Waals surface area contributed by atoms with Gasteiger partial charge in [-0.05, 0) is 12.1 Å². The van der Waals surface area contributed by atoms with E-state index in [0.29, 0.717) is 5.75 Å². The fourth-order valence-electron chi connectivity index (χ4n) is 0.836. The van der Waals surface area contributed by atoms with Crippen LogP contribution in [0.5, 0.6) is 11.5 Å². The predicted octanol–water partition coefficient (Wildman–Crippen LogP) is 0.799. The molecule has 0 aliphatic heterocycles. The highest BCUT2D eigenvalue weighted by Crippen LogP contribution is 2.25. The van der Waals surface area contributed by atoms with Crippen molar-refractivity contribution in [2.75, 3.05) is 7.11 Å². The van der Waals surface area contributed by atoms with Crippen LogP contribution in [0.4, 0.5) is 0 Å². The first-order valence-electron chi connectivity index (χ1n) is 3.58. The first-order chi connectivity index (χ1) is 6.27. The lowest BCUT2D eigenvalue weighted by atomic mass is 10.3. The van der Waals surface area contributed by atoms with Gasteiger partial charge in [-0.1, -0.05) is 12.1 Å². The van der Waals surface area contributed by atoms with Gasteiger partial charge in [0, 0.05) is 0 Å². The standard InChI is InChI=1S/C9H8O4/c1-12-7-4-2-3-5-8(7)13-9(11)6-10/h2-6H,1H3. The molecule has 0 unspecified atom stereocenters. The molecule has 0 bridgehead atoms. The number of esters is 1. The van der Waals surface area contributed by atoms with Gasteiger partial charge in [-0.3, -0.25) is 4.79 Å². The van der Waals surface area contributed by atoms with E-state index in [4.69, 9.17) is 4.74 Å². The lowest BCUT2D eigenvalue weighted by Crippen LogP contribution is -2.09. The van der Waals surface area contributed by atoms with Crippen LogP contribution in [0, 0.1) is 0 Å². The largest absolute Gasteiger partial charge is 0.493 e. The van der Waals surface area contributed by atoms with Crippen molar-refractivity contribution in [1.29, 1.82) is 0 Å². The average molecular weight is 180 g/mol. The quantitative estimate of drug-likeness (QED) is 0.299. The molecular weight excluding hydrogens is 172 g/mol. The summed E-state index contributed by atoms with van der Waals surface area (Å²) < 4.78 is 9.55. The van der Waals surface area contributed by atoms with Crippen LogP contribution >= 0.6 is 0 Å². The lowest BCUT2D eigenvalue weighted by Gasteiger charge is -2.05. The second-order valence-electron chi connectivity index (χ2n) is 2.19. The molecule has 0 aliphatic rings. The van der Waals surface area contributed by atoms with Crippen molar-refractivity contribution in [3.05, 3.63) is 24.3 Å². The molecule has 0 aromatic heterocycles. The van der Waals surface area contributed by atoms with E-state index in [-0.39, 0.29) is 12.0 Å². The van der Waals surface area contributed by atoms with Crippen LogP contribution in [0.25, 0.3) is 0 Å². The van der Waals surface area contributed by atoms with Gasteiger partial charge in [0.1, 0.15) is 0 Å². The fourth-order valence-corrected chi connectivity index (χ4v) is 0.836. The molecule has 0 N–H and O–H groups in total. The van der Waals surface area contributed by atoms with Crippen LogP contribution in [0.1, 0.15) is 0 Å². The average Bonchev–Trinajstić information content (AvgIpc) is 2.18. The Labute approximate surface area is 75.1 Å². The fraction of sp³-hybridized carbons (Fsp3) is 0.111. The smallest absolute Gasteiger partial charge is 0.376 e. The zero-order valence-corrected chi connectivity index (χ0v) is 7.02. The third kappa shape index (κ3) is 2.30. The van der Waals surface area contributed by atoms with Gasteiger partial charge in [0.05, 0.1) is 7.11 Å². The van der Waals surface area contributed by atoms with Crippen molar-refractivity contribution >= 4 is 12.3 Å². The summed E-state index contributed by atoms with van der Waals surface area (Å²) in [7, 11) is 1.45. The van der Waals surface area contributed by atoms with Gasteiger partial charge in [0.25, 0.3) is 0 Å². The molecule has 1 rings (SSSR count). The molecule has 0 atom stereocenters. The van der Waals surface area contributed by atoms with E-state index in [9.17, 15) is 9.59 Å². The van der Waals surface area contributed by atoms with Crippen molar-refractivity contribution in [2.45, 2.75) is 0 Å². The number of aldehydes is 1. The molecule has 4 nitrogen and oxygen atoms in total. The van der Waals surface area contributed by atoms with E-state index >= 15 is 0 Å². The molecule has 13 heavy (non-hydrogen) atoms. The Kier molecular flexibility index (Phi) is 3.03. The second-order valence-corrected chi connectivity index (χ2v) is 2.19. The molecule has 0 radical (unpaired) electrons. The zero-order valence-electron chi connectivity index (χ0n) is 7.02. The van der Waals surface area contributed by atoms with Crippen molar-refractivity contribution in [3.63, 3.8) is 0 Å². The predicted molar refractivity (Wildman–Crippen MR) is 44.7 cm³/mol. The van der Waals surface area contributed by atoms with Crippen LogP contribution in [-0.2, 0) is 9.59 Å². The summed E-state index contributed by atoms with van der Waals surface area (Å²) in [6.45, 7) is 0. The van der Waals surface area contributed by atoms with Crippen LogP contribution in [0.15, 0.2) is 24.3 Å². The number of carbonyl (C=O) groups excluding carboxylic acids is 2. The summed E-state index contributed by atoms with van der Waals surface area (Å²) >= 11 is 0. The van der Waals surface area contributed by atoms with Gasteiger partial charge < -0.3 is 9.47 Å². The molecule has 0 amide bonds. The third-order valence-corrected chi connectivity index (χ3v) is 1.38. The SMILES string of the molecule is COc1ccccc1OC(=O)C=O. The van der Waals surface area contributed by atoms with Crippen LogP contribution in [0.2, 0.25) is 0 Å². The number of hydrogen-bond donors (Lipinski definition) is 0. The van der Waals surface area contributed by atoms with Crippen LogP contribution < -0.4 is 9.47 Å². The Morgan fingerprint density at radius 3 is 2.46 bits per heavy atom. The Morgan fingerprint density at radius 2 is 1.92 bits per heavy atom. The second kappa shape index (κ2) is 4.25. The molecule has 0 saturated carbocycles. The van der Waals surface area contributed by atoms with Gasteiger partial charge in [-0.15, -0.1) is 0 Å². The van der Waals surface area contributed by atoms with E-state index in [0.717, 1.165) is 0 Å². The normalized spacial score (nSPS) is 9.00. The van der Waals surface area contributed by atoms with Crippen molar-refractivity contribution in [2.24, 2.45) is 0 Å². The van der Waals surface area contributed by atoms with Gasteiger partial charge in [-0.2, -0.15) is 0 Å². The number of ether oxygens (including phenoxy) is 2. The summed E-state index contributed by atoms with van der Waals surface area (Å²) in [5.41, 5.74) is 0. The first-order valence-corrected chi connectivity index (χ1v) is 3.58. The van der Waals surface area contributed by atoms with Gasteiger partial charge in [-0.25, -0.2) is 4.79 Å². The molecule has 0 heterocycles. The molecule has 4 heteroatoms. The van der Waals surface area contributed by atoms with E-state index in [2.05, 4.69) is 4.74 Å². The Morgan fingerprint density at radius 1 is 1.31 bits per heavy atom. The summed E-state index contributed by atoms with van der Waals surface area (Å²) in [5.74, 6) is -0.288. The number of para-hydroxylation sites is 2. The number of carbonyl (C=O) groups is 2. The number of hydrogen-bond acceptors (Lipinski definition) is 4. The van der Waals surface area contributed by atoms with E-state index in [1.54, 1.807) is 24.3 Å². The summed E-state index contributed by atoms with van der Waals surface area (Å²) in [4.78, 5) is 20.6. The third-order valence-electron chi connectivity index (χ3n) is 1.38. The maximum absolute atomic E-state index is 10.6. The van der Waals surface area contributed by atoms with Gasteiger partial charge >= 0.3 is 5.97 Å². The van der Waals surface area contributed by atoms with Crippen molar-refractivity contribution in [1.82, 2.24) is 0 Å². The number of methoxy groups -OCH3 is 1. The minimum atomic E-state index is -0.940. The molecule has 0 aliphatic carbocycles. The Bertz CT molecular complexity index is 319. The maximum Gasteiger partial charge on any atom is 0.376 e. The van der Waals surface area contributed by atoms with Gasteiger partial charge in [0.15, 0.2) is 11.5 Å². The summed E-state index contributed by atoms with van der Waals surface area (Å²) in [6.07, 6.45) is 0.104. The van der Waals surface area contributed by atoms with Crippen molar-refractivity contribution in [3.8, 4) is 11.5 Å². The highest BCUT2D eigenvalue weighted by Gasteiger charge is 2.06.